The standard InChI is InChI=1S/C16H12ClN3/c1-9-10-4-2-3-5-13(10)19-15-11-6-7-14(17)20-16(11)18-8-12(9)15/h2-7H,8H2,1H3,(H,18,20). The van der Waals surface area contributed by atoms with Gasteiger partial charge in [0.05, 0.1) is 11.2 Å². The van der Waals surface area contributed by atoms with Gasteiger partial charge in [0.25, 0.3) is 0 Å². The fraction of sp³-hybridized carbons (Fsp3) is 0.125. The zero-order valence-corrected chi connectivity index (χ0v) is 11.7. The van der Waals surface area contributed by atoms with E-state index in [0.29, 0.717) is 5.15 Å². The van der Waals surface area contributed by atoms with Crippen molar-refractivity contribution in [3.8, 4) is 11.3 Å². The van der Waals surface area contributed by atoms with E-state index < -0.39 is 0 Å². The smallest absolute Gasteiger partial charge is 0.137 e. The molecular weight excluding hydrogens is 270 g/mol. The van der Waals surface area contributed by atoms with Crippen molar-refractivity contribution in [2.24, 2.45) is 0 Å². The highest BCUT2D eigenvalue weighted by molar-refractivity contribution is 6.29. The summed E-state index contributed by atoms with van der Waals surface area (Å²) >= 11 is 5.96. The van der Waals surface area contributed by atoms with Crippen LogP contribution in [0.2, 0.25) is 5.15 Å². The molecule has 3 nitrogen and oxygen atoms in total. The summed E-state index contributed by atoms with van der Waals surface area (Å²) in [6, 6.07) is 12.0. The van der Waals surface area contributed by atoms with E-state index in [1.54, 1.807) is 0 Å². The van der Waals surface area contributed by atoms with Crippen molar-refractivity contribution in [2.75, 3.05) is 5.32 Å². The van der Waals surface area contributed by atoms with Gasteiger partial charge >= 0.3 is 0 Å². The molecule has 0 amide bonds. The van der Waals surface area contributed by atoms with Crippen molar-refractivity contribution in [2.45, 2.75) is 13.5 Å². The third-order valence-electron chi connectivity index (χ3n) is 3.83. The molecule has 0 unspecified atom stereocenters. The summed E-state index contributed by atoms with van der Waals surface area (Å²) in [5, 5.41) is 5.03. The van der Waals surface area contributed by atoms with Crippen LogP contribution in [0.25, 0.3) is 22.2 Å². The molecule has 1 N–H and O–H groups in total. The zero-order valence-electron chi connectivity index (χ0n) is 10.9. The Balaban J connectivity index is 2.08. The molecule has 0 bridgehead atoms. The quantitative estimate of drug-likeness (QED) is 0.628. The number of fused-ring (bicyclic) bond motifs is 4. The van der Waals surface area contributed by atoms with Gasteiger partial charge in [0, 0.05) is 23.1 Å². The van der Waals surface area contributed by atoms with Gasteiger partial charge in [0.1, 0.15) is 11.0 Å². The van der Waals surface area contributed by atoms with Crippen molar-refractivity contribution in [1.29, 1.82) is 0 Å². The Kier molecular flexibility index (Phi) is 2.44. The summed E-state index contributed by atoms with van der Waals surface area (Å²) in [5.74, 6) is 0.812. The number of rotatable bonds is 0. The number of aryl methyl sites for hydroxylation is 1. The van der Waals surface area contributed by atoms with Gasteiger partial charge in [-0.05, 0) is 30.7 Å². The van der Waals surface area contributed by atoms with Crippen LogP contribution in [0.15, 0.2) is 36.4 Å². The van der Waals surface area contributed by atoms with E-state index >= 15 is 0 Å². The fourth-order valence-electron chi connectivity index (χ4n) is 2.79. The molecule has 1 aromatic carbocycles. The lowest BCUT2D eigenvalue weighted by Crippen LogP contribution is -2.13. The second kappa shape index (κ2) is 4.18. The van der Waals surface area contributed by atoms with Crippen LogP contribution in [0.4, 0.5) is 5.82 Å². The van der Waals surface area contributed by atoms with E-state index in [2.05, 4.69) is 29.4 Å². The number of para-hydroxylation sites is 1. The predicted octanol–water partition coefficient (Wildman–Crippen LogP) is 4.18. The number of benzene rings is 1. The minimum Gasteiger partial charge on any atom is -0.365 e. The highest BCUT2D eigenvalue weighted by Gasteiger charge is 2.21. The van der Waals surface area contributed by atoms with Crippen LogP contribution in [0.1, 0.15) is 11.1 Å². The molecule has 3 aromatic rings. The van der Waals surface area contributed by atoms with Crippen molar-refractivity contribution < 1.29 is 0 Å². The molecule has 0 saturated carbocycles. The maximum atomic E-state index is 5.96. The van der Waals surface area contributed by atoms with E-state index in [0.717, 1.165) is 29.1 Å². The first kappa shape index (κ1) is 11.7. The molecule has 0 atom stereocenters. The van der Waals surface area contributed by atoms with E-state index in [9.17, 15) is 0 Å². The molecule has 0 spiro atoms. The number of halogens is 1. The molecule has 0 saturated heterocycles. The summed E-state index contributed by atoms with van der Waals surface area (Å²) in [6.45, 7) is 2.89. The van der Waals surface area contributed by atoms with Crippen molar-refractivity contribution in [1.82, 2.24) is 9.97 Å². The molecule has 3 heterocycles. The Hall–Kier alpha value is -2.13. The second-order valence-corrected chi connectivity index (χ2v) is 5.35. The van der Waals surface area contributed by atoms with Crippen LogP contribution in [0.3, 0.4) is 0 Å². The molecule has 2 aromatic heterocycles. The predicted molar refractivity (Wildman–Crippen MR) is 82.0 cm³/mol. The second-order valence-electron chi connectivity index (χ2n) is 4.96. The number of nitrogens with zero attached hydrogens (tertiary/aromatic N) is 2. The molecule has 1 aliphatic heterocycles. The van der Waals surface area contributed by atoms with Gasteiger partial charge in [-0.25, -0.2) is 9.97 Å². The number of pyridine rings is 2. The van der Waals surface area contributed by atoms with Gasteiger partial charge in [-0.3, -0.25) is 0 Å². The van der Waals surface area contributed by atoms with Crippen molar-refractivity contribution in [3.63, 3.8) is 0 Å². The minimum atomic E-state index is 0.497. The van der Waals surface area contributed by atoms with Crippen LogP contribution in [0.5, 0.6) is 0 Å². The van der Waals surface area contributed by atoms with Crippen LogP contribution in [-0.4, -0.2) is 9.97 Å². The molecule has 20 heavy (non-hydrogen) atoms. The van der Waals surface area contributed by atoms with Gasteiger partial charge in [-0.15, -0.1) is 0 Å². The molecular formula is C16H12ClN3. The van der Waals surface area contributed by atoms with Gasteiger partial charge in [0.2, 0.25) is 0 Å². The Morgan fingerprint density at radius 1 is 1.10 bits per heavy atom. The molecule has 98 valence electrons. The molecule has 4 rings (SSSR count). The number of anilines is 1. The average Bonchev–Trinajstić information content (AvgIpc) is 2.47. The molecule has 4 heteroatoms. The number of nitrogens with one attached hydrogen (secondary N) is 1. The lowest BCUT2D eigenvalue weighted by molar-refractivity contribution is 1.05. The first-order valence-corrected chi connectivity index (χ1v) is 6.91. The molecule has 0 aliphatic carbocycles. The van der Waals surface area contributed by atoms with Crippen molar-refractivity contribution in [3.05, 3.63) is 52.7 Å². The monoisotopic (exact) mass is 281 g/mol. The third kappa shape index (κ3) is 1.60. The summed E-state index contributed by atoms with van der Waals surface area (Å²) in [6.07, 6.45) is 0. The summed E-state index contributed by atoms with van der Waals surface area (Å²) < 4.78 is 0. The number of hydrogen-bond donors (Lipinski definition) is 1. The van der Waals surface area contributed by atoms with Gasteiger partial charge < -0.3 is 5.32 Å². The fourth-order valence-corrected chi connectivity index (χ4v) is 2.94. The SMILES string of the molecule is Cc1c2c(nc3ccccc13)-c1ccc(Cl)nc1NC2. The molecule has 1 aliphatic rings. The Morgan fingerprint density at radius 3 is 2.85 bits per heavy atom. The summed E-state index contributed by atoms with van der Waals surface area (Å²) in [4.78, 5) is 9.16. The Morgan fingerprint density at radius 2 is 1.95 bits per heavy atom. The van der Waals surface area contributed by atoms with E-state index in [4.69, 9.17) is 16.6 Å². The van der Waals surface area contributed by atoms with E-state index in [1.165, 1.54) is 16.5 Å². The van der Waals surface area contributed by atoms with Crippen molar-refractivity contribution >= 4 is 28.3 Å². The summed E-state index contributed by atoms with van der Waals surface area (Å²) in [5.41, 5.74) is 5.56. The minimum absolute atomic E-state index is 0.497. The van der Waals surface area contributed by atoms with E-state index in [1.807, 2.05) is 24.3 Å². The Labute approximate surface area is 121 Å². The topological polar surface area (TPSA) is 37.8 Å². The lowest BCUT2D eigenvalue weighted by atomic mass is 9.95. The van der Waals surface area contributed by atoms with Crippen LogP contribution >= 0.6 is 11.6 Å². The highest BCUT2D eigenvalue weighted by Crippen LogP contribution is 2.37. The lowest BCUT2D eigenvalue weighted by Gasteiger charge is -2.22. The average molecular weight is 282 g/mol. The maximum Gasteiger partial charge on any atom is 0.137 e. The van der Waals surface area contributed by atoms with Gasteiger partial charge in [-0.2, -0.15) is 0 Å². The van der Waals surface area contributed by atoms with Gasteiger partial charge in [-0.1, -0.05) is 29.8 Å². The van der Waals surface area contributed by atoms with Crippen LogP contribution in [-0.2, 0) is 6.54 Å². The largest absolute Gasteiger partial charge is 0.365 e. The van der Waals surface area contributed by atoms with Gasteiger partial charge in [0.15, 0.2) is 0 Å². The maximum absolute atomic E-state index is 5.96. The van der Waals surface area contributed by atoms with Crippen LogP contribution in [0, 0.1) is 6.92 Å². The highest BCUT2D eigenvalue weighted by atomic mass is 35.5. The molecule has 0 fully saturated rings. The number of aromatic nitrogens is 2. The first-order valence-electron chi connectivity index (χ1n) is 6.53. The normalized spacial score (nSPS) is 12.7. The van der Waals surface area contributed by atoms with E-state index in [-0.39, 0.29) is 0 Å². The third-order valence-corrected chi connectivity index (χ3v) is 4.04. The first-order chi connectivity index (χ1) is 9.74. The zero-order chi connectivity index (χ0) is 13.7. The Bertz CT molecular complexity index is 842. The summed E-state index contributed by atoms with van der Waals surface area (Å²) in [7, 11) is 0. The number of hydrogen-bond acceptors (Lipinski definition) is 3. The molecule has 0 radical (unpaired) electrons. The van der Waals surface area contributed by atoms with Crippen LogP contribution < -0.4 is 5.32 Å².